The minimum absolute atomic E-state index is 0.0618. The molecule has 3 aromatic rings. The number of benzene rings is 1. The van der Waals surface area contributed by atoms with Crippen LogP contribution < -0.4 is 19.5 Å². The second kappa shape index (κ2) is 8.43. The SMILES string of the molecule is COc1cc(NC(=O)Cc2nc(-c3cccnc3)oc2C)cc(OC)c1OC. The fourth-order valence-electron chi connectivity index (χ4n) is 2.72. The highest BCUT2D eigenvalue weighted by molar-refractivity contribution is 5.93. The number of nitrogens with zero attached hydrogens (tertiary/aromatic N) is 2. The summed E-state index contributed by atoms with van der Waals surface area (Å²) in [6.07, 6.45) is 3.39. The quantitative estimate of drug-likeness (QED) is 0.669. The van der Waals surface area contributed by atoms with E-state index in [0.29, 0.717) is 40.3 Å². The van der Waals surface area contributed by atoms with Crippen LogP contribution in [0.2, 0.25) is 0 Å². The molecule has 0 radical (unpaired) electrons. The van der Waals surface area contributed by atoms with Crippen LogP contribution in [0, 0.1) is 6.92 Å². The Kier molecular flexibility index (Phi) is 5.78. The normalized spacial score (nSPS) is 10.4. The third-order valence-corrected chi connectivity index (χ3v) is 4.08. The molecule has 0 aliphatic heterocycles. The molecule has 0 aliphatic rings. The lowest BCUT2D eigenvalue weighted by Gasteiger charge is -2.14. The maximum Gasteiger partial charge on any atom is 0.230 e. The number of hydrogen-bond acceptors (Lipinski definition) is 7. The number of nitrogens with one attached hydrogen (secondary N) is 1. The van der Waals surface area contributed by atoms with Crippen LogP contribution in [0.25, 0.3) is 11.5 Å². The summed E-state index contributed by atoms with van der Waals surface area (Å²) in [4.78, 5) is 21.0. The van der Waals surface area contributed by atoms with Gasteiger partial charge in [0.2, 0.25) is 17.5 Å². The lowest BCUT2D eigenvalue weighted by Crippen LogP contribution is -2.15. The number of oxazole rings is 1. The topological polar surface area (TPSA) is 95.7 Å². The average molecular weight is 383 g/mol. The van der Waals surface area contributed by atoms with Crippen LogP contribution in [-0.2, 0) is 11.2 Å². The van der Waals surface area contributed by atoms with E-state index in [1.807, 2.05) is 6.07 Å². The zero-order valence-corrected chi connectivity index (χ0v) is 16.1. The number of ether oxygens (including phenoxy) is 3. The lowest BCUT2D eigenvalue weighted by molar-refractivity contribution is -0.115. The van der Waals surface area contributed by atoms with Gasteiger partial charge in [-0.1, -0.05) is 0 Å². The van der Waals surface area contributed by atoms with Gasteiger partial charge < -0.3 is 23.9 Å². The fraction of sp³-hybridized carbons (Fsp3) is 0.250. The Morgan fingerprint density at radius 1 is 1.14 bits per heavy atom. The van der Waals surface area contributed by atoms with Gasteiger partial charge in [-0.25, -0.2) is 4.98 Å². The molecule has 1 aromatic carbocycles. The number of anilines is 1. The minimum Gasteiger partial charge on any atom is -0.493 e. The number of hydrogen-bond donors (Lipinski definition) is 1. The van der Waals surface area contributed by atoms with Crippen LogP contribution in [-0.4, -0.2) is 37.2 Å². The molecule has 3 rings (SSSR count). The molecule has 0 spiro atoms. The van der Waals surface area contributed by atoms with Gasteiger partial charge in [0, 0.05) is 30.2 Å². The van der Waals surface area contributed by atoms with Crippen molar-refractivity contribution < 1.29 is 23.4 Å². The first kappa shape index (κ1) is 19.2. The molecule has 0 fully saturated rings. The Balaban J connectivity index is 1.77. The van der Waals surface area contributed by atoms with Crippen LogP contribution in [0.15, 0.2) is 41.1 Å². The van der Waals surface area contributed by atoms with Gasteiger partial charge in [0.15, 0.2) is 11.5 Å². The number of carbonyl (C=O) groups is 1. The summed E-state index contributed by atoms with van der Waals surface area (Å²) in [5, 5.41) is 2.82. The maximum atomic E-state index is 12.5. The van der Waals surface area contributed by atoms with Crippen molar-refractivity contribution in [3.63, 3.8) is 0 Å². The van der Waals surface area contributed by atoms with E-state index in [1.165, 1.54) is 21.3 Å². The van der Waals surface area contributed by atoms with Gasteiger partial charge in [-0.15, -0.1) is 0 Å². The van der Waals surface area contributed by atoms with E-state index < -0.39 is 0 Å². The third kappa shape index (κ3) is 4.06. The molecule has 1 N–H and O–H groups in total. The predicted molar refractivity (Wildman–Crippen MR) is 103 cm³/mol. The predicted octanol–water partition coefficient (Wildman–Crippen LogP) is 3.25. The van der Waals surface area contributed by atoms with Gasteiger partial charge in [-0.3, -0.25) is 9.78 Å². The van der Waals surface area contributed by atoms with Crippen LogP contribution in [0.1, 0.15) is 11.5 Å². The highest BCUT2D eigenvalue weighted by Gasteiger charge is 2.17. The van der Waals surface area contributed by atoms with Crippen molar-refractivity contribution in [2.75, 3.05) is 26.6 Å². The van der Waals surface area contributed by atoms with E-state index in [4.69, 9.17) is 18.6 Å². The molecule has 2 heterocycles. The van der Waals surface area contributed by atoms with E-state index in [0.717, 1.165) is 5.56 Å². The number of carbonyl (C=O) groups excluding carboxylic acids is 1. The first-order valence-corrected chi connectivity index (χ1v) is 8.52. The van der Waals surface area contributed by atoms with Gasteiger partial charge in [-0.2, -0.15) is 0 Å². The smallest absolute Gasteiger partial charge is 0.230 e. The second-order valence-electron chi connectivity index (χ2n) is 5.90. The van der Waals surface area contributed by atoms with Crippen molar-refractivity contribution in [1.29, 1.82) is 0 Å². The van der Waals surface area contributed by atoms with Crippen molar-refractivity contribution in [3.05, 3.63) is 48.1 Å². The minimum atomic E-state index is -0.247. The molecule has 8 heteroatoms. The van der Waals surface area contributed by atoms with Crippen LogP contribution in [0.5, 0.6) is 17.2 Å². The number of pyridine rings is 1. The number of methoxy groups -OCH3 is 3. The number of amides is 1. The zero-order valence-electron chi connectivity index (χ0n) is 16.1. The Bertz CT molecular complexity index is 944. The van der Waals surface area contributed by atoms with E-state index in [2.05, 4.69) is 15.3 Å². The maximum absolute atomic E-state index is 12.5. The second-order valence-corrected chi connectivity index (χ2v) is 5.90. The largest absolute Gasteiger partial charge is 0.493 e. The molecule has 28 heavy (non-hydrogen) atoms. The van der Waals surface area contributed by atoms with Gasteiger partial charge in [-0.05, 0) is 19.1 Å². The van der Waals surface area contributed by atoms with E-state index in [9.17, 15) is 4.79 Å². The Morgan fingerprint density at radius 2 is 1.86 bits per heavy atom. The fourth-order valence-corrected chi connectivity index (χ4v) is 2.72. The molecular weight excluding hydrogens is 362 g/mol. The summed E-state index contributed by atoms with van der Waals surface area (Å²) in [6, 6.07) is 6.97. The van der Waals surface area contributed by atoms with E-state index >= 15 is 0 Å². The molecule has 0 saturated heterocycles. The third-order valence-electron chi connectivity index (χ3n) is 4.08. The molecule has 2 aromatic heterocycles. The number of rotatable bonds is 7. The van der Waals surface area contributed by atoms with Crippen molar-refractivity contribution in [3.8, 4) is 28.7 Å². The Morgan fingerprint density at radius 3 is 2.43 bits per heavy atom. The molecule has 0 aliphatic carbocycles. The monoisotopic (exact) mass is 383 g/mol. The first-order valence-electron chi connectivity index (χ1n) is 8.52. The van der Waals surface area contributed by atoms with Gasteiger partial charge in [0.05, 0.1) is 39.0 Å². The summed E-state index contributed by atoms with van der Waals surface area (Å²) in [6.45, 7) is 1.77. The molecular formula is C20H21N3O5. The van der Waals surface area contributed by atoms with Crippen molar-refractivity contribution in [2.45, 2.75) is 13.3 Å². The molecule has 1 amide bonds. The van der Waals surface area contributed by atoms with Crippen molar-refractivity contribution >= 4 is 11.6 Å². The van der Waals surface area contributed by atoms with Crippen LogP contribution in [0.3, 0.4) is 0 Å². The lowest BCUT2D eigenvalue weighted by atomic mass is 10.2. The summed E-state index contributed by atoms with van der Waals surface area (Å²) >= 11 is 0. The highest BCUT2D eigenvalue weighted by Crippen LogP contribution is 2.39. The Hall–Kier alpha value is -3.55. The average Bonchev–Trinajstić information content (AvgIpc) is 3.08. The van der Waals surface area contributed by atoms with Crippen molar-refractivity contribution in [2.24, 2.45) is 0 Å². The molecule has 0 saturated carbocycles. The molecule has 8 nitrogen and oxygen atoms in total. The molecule has 0 unspecified atom stereocenters. The molecule has 0 bridgehead atoms. The van der Waals surface area contributed by atoms with Crippen LogP contribution in [0.4, 0.5) is 5.69 Å². The summed E-state index contributed by atoms with van der Waals surface area (Å²) in [7, 11) is 4.55. The summed E-state index contributed by atoms with van der Waals surface area (Å²) in [5.41, 5.74) is 1.83. The van der Waals surface area contributed by atoms with E-state index in [1.54, 1.807) is 37.5 Å². The number of aryl methyl sites for hydroxylation is 1. The van der Waals surface area contributed by atoms with Gasteiger partial charge >= 0.3 is 0 Å². The van der Waals surface area contributed by atoms with Crippen molar-refractivity contribution in [1.82, 2.24) is 9.97 Å². The standard InChI is InChI=1S/C20H21N3O5/c1-12-15(23-20(28-12)13-6-5-7-21-11-13)10-18(24)22-14-8-16(25-2)19(27-4)17(9-14)26-3/h5-9,11H,10H2,1-4H3,(H,22,24). The van der Waals surface area contributed by atoms with Gasteiger partial charge in [0.1, 0.15) is 5.76 Å². The summed E-state index contributed by atoms with van der Waals surface area (Å²) in [5.74, 6) is 2.13. The first-order chi connectivity index (χ1) is 13.5. The van der Waals surface area contributed by atoms with Crippen LogP contribution >= 0.6 is 0 Å². The van der Waals surface area contributed by atoms with Gasteiger partial charge in [0.25, 0.3) is 0 Å². The Labute approximate surface area is 162 Å². The highest BCUT2D eigenvalue weighted by atomic mass is 16.5. The molecule has 146 valence electrons. The van der Waals surface area contributed by atoms with E-state index in [-0.39, 0.29) is 12.3 Å². The molecule has 0 atom stereocenters. The summed E-state index contributed by atoms with van der Waals surface area (Å²) < 4.78 is 21.6. The number of aromatic nitrogens is 2. The zero-order chi connectivity index (χ0) is 20.1.